The first-order valence-electron chi connectivity index (χ1n) is 4.31. The summed E-state index contributed by atoms with van der Waals surface area (Å²) in [5.74, 6) is 0.477. The minimum absolute atomic E-state index is 0.0243. The van der Waals surface area contributed by atoms with E-state index in [1.807, 2.05) is 0 Å². The zero-order valence-corrected chi connectivity index (χ0v) is 9.78. The smallest absolute Gasteiger partial charge is 0.273 e. The van der Waals surface area contributed by atoms with Gasteiger partial charge in [-0.25, -0.2) is 0 Å². The van der Waals surface area contributed by atoms with Crippen LogP contribution in [0.4, 0.5) is 11.4 Å². The number of nitrogens with zero attached hydrogens (tertiary/aromatic N) is 1. The summed E-state index contributed by atoms with van der Waals surface area (Å²) in [5, 5.41) is 14.4. The van der Waals surface area contributed by atoms with Crippen molar-refractivity contribution in [3.63, 3.8) is 0 Å². The fraction of sp³-hybridized carbons (Fsp3) is 0.333. The number of rotatable bonds is 5. The van der Waals surface area contributed by atoms with Crippen LogP contribution in [0.15, 0.2) is 18.2 Å². The molecule has 0 amide bonds. The summed E-state index contributed by atoms with van der Waals surface area (Å²) in [6.45, 7) is 0.730. The lowest BCUT2D eigenvalue weighted by Crippen LogP contribution is -2.04. The van der Waals surface area contributed by atoms with Crippen LogP contribution in [0, 0.1) is 10.1 Å². The predicted molar refractivity (Wildman–Crippen MR) is 61.9 cm³/mol. The Labute approximate surface area is 95.7 Å². The first-order chi connectivity index (χ1) is 7.19. The third kappa shape index (κ3) is 3.09. The Balaban J connectivity index is 2.93. The van der Waals surface area contributed by atoms with Gasteiger partial charge in [0.2, 0.25) is 0 Å². The molecular formula is C9H11BrN2O3. The molecule has 5 nitrogen and oxygen atoms in total. The van der Waals surface area contributed by atoms with Gasteiger partial charge in [0.05, 0.1) is 23.8 Å². The van der Waals surface area contributed by atoms with Crippen LogP contribution in [0.1, 0.15) is 0 Å². The Morgan fingerprint density at radius 1 is 1.60 bits per heavy atom. The molecule has 0 radical (unpaired) electrons. The van der Waals surface area contributed by atoms with Gasteiger partial charge in [-0.05, 0) is 6.07 Å². The van der Waals surface area contributed by atoms with Crippen molar-refractivity contribution < 1.29 is 9.66 Å². The quantitative estimate of drug-likeness (QED) is 0.509. The molecule has 0 aliphatic rings. The molecule has 0 aliphatic carbocycles. The first-order valence-corrected chi connectivity index (χ1v) is 5.43. The molecule has 0 saturated carbocycles. The van der Waals surface area contributed by atoms with E-state index in [1.165, 1.54) is 19.2 Å². The molecule has 15 heavy (non-hydrogen) atoms. The van der Waals surface area contributed by atoms with Gasteiger partial charge >= 0.3 is 0 Å². The van der Waals surface area contributed by atoms with Crippen molar-refractivity contribution in [2.75, 3.05) is 24.3 Å². The van der Waals surface area contributed by atoms with Crippen LogP contribution in [0.3, 0.4) is 0 Å². The van der Waals surface area contributed by atoms with Gasteiger partial charge in [0.1, 0.15) is 5.75 Å². The van der Waals surface area contributed by atoms with Crippen molar-refractivity contribution in [1.82, 2.24) is 0 Å². The van der Waals surface area contributed by atoms with Crippen LogP contribution in [-0.2, 0) is 0 Å². The van der Waals surface area contributed by atoms with Crippen LogP contribution in [0.5, 0.6) is 5.75 Å². The molecule has 0 aromatic heterocycles. The second-order valence-corrected chi connectivity index (χ2v) is 3.55. The van der Waals surface area contributed by atoms with Gasteiger partial charge in [0.15, 0.2) is 0 Å². The summed E-state index contributed by atoms with van der Waals surface area (Å²) in [7, 11) is 1.48. The number of nitrogens with one attached hydrogen (secondary N) is 1. The molecule has 1 aromatic rings. The number of non-ortho nitro benzene ring substituents is 1. The Morgan fingerprint density at radius 3 is 2.87 bits per heavy atom. The van der Waals surface area contributed by atoms with E-state index in [4.69, 9.17) is 4.74 Å². The molecule has 0 unspecified atom stereocenters. The fourth-order valence-corrected chi connectivity index (χ4v) is 1.32. The highest BCUT2D eigenvalue weighted by Gasteiger charge is 2.10. The second-order valence-electron chi connectivity index (χ2n) is 2.76. The van der Waals surface area contributed by atoms with Crippen molar-refractivity contribution in [2.24, 2.45) is 0 Å². The van der Waals surface area contributed by atoms with Gasteiger partial charge in [-0.3, -0.25) is 10.1 Å². The van der Waals surface area contributed by atoms with Crippen molar-refractivity contribution >= 4 is 27.3 Å². The number of methoxy groups -OCH3 is 1. The summed E-state index contributed by atoms with van der Waals surface area (Å²) in [6, 6.07) is 4.48. The normalized spacial score (nSPS) is 9.73. The standard InChI is InChI=1S/C9H11BrN2O3/c1-15-9-6-7(12(13)14)2-3-8(9)11-5-4-10/h2-3,6,11H,4-5H2,1H3. The summed E-state index contributed by atoms with van der Waals surface area (Å²) in [4.78, 5) is 10.1. The maximum absolute atomic E-state index is 10.5. The molecule has 1 N–H and O–H groups in total. The van der Waals surface area contributed by atoms with Crippen molar-refractivity contribution in [3.05, 3.63) is 28.3 Å². The fourth-order valence-electron chi connectivity index (χ4n) is 1.12. The van der Waals surface area contributed by atoms with E-state index in [0.29, 0.717) is 5.75 Å². The molecule has 0 fully saturated rings. The molecule has 0 spiro atoms. The molecule has 1 rings (SSSR count). The number of anilines is 1. The highest BCUT2D eigenvalue weighted by atomic mass is 79.9. The van der Waals surface area contributed by atoms with Crippen LogP contribution >= 0.6 is 15.9 Å². The molecule has 0 bridgehead atoms. The molecule has 0 aliphatic heterocycles. The highest BCUT2D eigenvalue weighted by molar-refractivity contribution is 9.09. The van der Waals surface area contributed by atoms with E-state index in [0.717, 1.165) is 17.6 Å². The summed E-state index contributed by atoms with van der Waals surface area (Å²) in [5.41, 5.74) is 0.777. The zero-order chi connectivity index (χ0) is 11.3. The topological polar surface area (TPSA) is 64.4 Å². The van der Waals surface area contributed by atoms with Crippen molar-refractivity contribution in [3.8, 4) is 5.75 Å². The maximum Gasteiger partial charge on any atom is 0.273 e. The van der Waals surface area contributed by atoms with Gasteiger partial charge in [0, 0.05) is 17.9 Å². The van der Waals surface area contributed by atoms with Gasteiger partial charge < -0.3 is 10.1 Å². The predicted octanol–water partition coefficient (Wildman–Crippen LogP) is 2.41. The van der Waals surface area contributed by atoms with Gasteiger partial charge in [0.25, 0.3) is 5.69 Å². The number of alkyl halides is 1. The maximum atomic E-state index is 10.5. The lowest BCUT2D eigenvalue weighted by atomic mass is 10.2. The number of hydrogen-bond donors (Lipinski definition) is 1. The molecule has 0 heterocycles. The van der Waals surface area contributed by atoms with E-state index >= 15 is 0 Å². The third-order valence-corrected chi connectivity index (χ3v) is 2.20. The van der Waals surface area contributed by atoms with Gasteiger partial charge in [-0.15, -0.1) is 0 Å². The number of hydrogen-bond acceptors (Lipinski definition) is 4. The number of benzene rings is 1. The van der Waals surface area contributed by atoms with E-state index in [-0.39, 0.29) is 5.69 Å². The van der Waals surface area contributed by atoms with Crippen LogP contribution in [0.25, 0.3) is 0 Å². The third-order valence-electron chi connectivity index (χ3n) is 1.81. The van der Waals surface area contributed by atoms with E-state index < -0.39 is 4.92 Å². The highest BCUT2D eigenvalue weighted by Crippen LogP contribution is 2.28. The molecule has 0 atom stereocenters. The number of halogens is 1. The second kappa shape index (κ2) is 5.55. The first kappa shape index (κ1) is 11.8. The summed E-state index contributed by atoms with van der Waals surface area (Å²) < 4.78 is 5.05. The Hall–Kier alpha value is -1.30. The van der Waals surface area contributed by atoms with Gasteiger partial charge in [-0.2, -0.15) is 0 Å². The lowest BCUT2D eigenvalue weighted by molar-refractivity contribution is -0.384. The molecule has 82 valence electrons. The number of nitro groups is 1. The Morgan fingerprint density at radius 2 is 2.33 bits per heavy atom. The number of ether oxygens (including phenoxy) is 1. The molecule has 0 saturated heterocycles. The minimum atomic E-state index is -0.448. The molecule has 6 heteroatoms. The van der Waals surface area contributed by atoms with Crippen molar-refractivity contribution in [2.45, 2.75) is 0 Å². The minimum Gasteiger partial charge on any atom is -0.494 e. The summed E-state index contributed by atoms with van der Waals surface area (Å²) >= 11 is 3.28. The average Bonchev–Trinajstić information content (AvgIpc) is 2.25. The van der Waals surface area contributed by atoms with Crippen LogP contribution < -0.4 is 10.1 Å². The van der Waals surface area contributed by atoms with Crippen LogP contribution in [-0.4, -0.2) is 23.9 Å². The van der Waals surface area contributed by atoms with Crippen LogP contribution in [0.2, 0.25) is 0 Å². The Kier molecular flexibility index (Phi) is 4.36. The van der Waals surface area contributed by atoms with Gasteiger partial charge in [-0.1, -0.05) is 15.9 Å². The van der Waals surface area contributed by atoms with Crippen molar-refractivity contribution in [1.29, 1.82) is 0 Å². The molecular weight excluding hydrogens is 264 g/mol. The van der Waals surface area contributed by atoms with E-state index in [2.05, 4.69) is 21.2 Å². The zero-order valence-electron chi connectivity index (χ0n) is 8.20. The molecule has 1 aromatic carbocycles. The SMILES string of the molecule is COc1cc([N+](=O)[O-])ccc1NCCBr. The van der Waals surface area contributed by atoms with E-state index in [1.54, 1.807) is 6.07 Å². The number of nitro benzene ring substituents is 1. The monoisotopic (exact) mass is 274 g/mol. The van der Waals surface area contributed by atoms with E-state index in [9.17, 15) is 10.1 Å². The summed E-state index contributed by atoms with van der Waals surface area (Å²) in [6.07, 6.45) is 0. The average molecular weight is 275 g/mol. The largest absolute Gasteiger partial charge is 0.494 e. The lowest BCUT2D eigenvalue weighted by Gasteiger charge is -2.09. The Bertz CT molecular complexity index is 357.